The van der Waals surface area contributed by atoms with E-state index in [1.165, 1.54) is 12.1 Å². The minimum absolute atomic E-state index is 0.00626. The lowest BCUT2D eigenvalue weighted by Crippen LogP contribution is -2.57. The number of primary amides is 1. The molecule has 3 unspecified atom stereocenters. The van der Waals surface area contributed by atoms with E-state index in [9.17, 15) is 29.1 Å². The third kappa shape index (κ3) is 10.8. The van der Waals surface area contributed by atoms with Crippen molar-refractivity contribution in [1.82, 2.24) is 16.0 Å². The number of phenols is 1. The molecule has 0 spiro atoms. The molecule has 0 bridgehead atoms. The van der Waals surface area contributed by atoms with Crippen molar-refractivity contribution in [2.75, 3.05) is 6.54 Å². The summed E-state index contributed by atoms with van der Waals surface area (Å²) in [6, 6.07) is 2.72. The molecule has 0 aliphatic heterocycles. The zero-order valence-corrected chi connectivity index (χ0v) is 19.2. The minimum atomic E-state index is -1.23. The third-order valence-corrected chi connectivity index (χ3v) is 4.80. The minimum Gasteiger partial charge on any atom is -0.508 e. The number of carbonyl (C=O) groups excluding carboxylic acids is 4. The molecule has 0 heterocycles. The van der Waals surface area contributed by atoms with Gasteiger partial charge < -0.3 is 37.6 Å². The van der Waals surface area contributed by atoms with E-state index in [0.29, 0.717) is 5.56 Å². The number of benzene rings is 1. The Labute approximate surface area is 197 Å². The number of carbonyl (C=O) groups is 5. The number of carboxylic acid groups (broad SMARTS) is 1. The number of rotatable bonds is 14. The van der Waals surface area contributed by atoms with Gasteiger partial charge in [0.25, 0.3) is 0 Å². The fourth-order valence-corrected chi connectivity index (χ4v) is 3.05. The van der Waals surface area contributed by atoms with Gasteiger partial charge in [0.1, 0.15) is 24.4 Å². The molecule has 12 nitrogen and oxygen atoms in total. The maximum absolute atomic E-state index is 13.1. The Kier molecular flexibility index (Phi) is 11.5. The molecule has 12 heteroatoms. The van der Waals surface area contributed by atoms with Gasteiger partial charge in [-0.05, 0) is 36.5 Å². The molecule has 1 aromatic carbocycles. The standard InChI is InChI=1S/C22H33N5O7/c1-12(2)9-16(21(33)25-11-19(30)31)27-22(34)17(10-13-3-5-14(28)6-4-13)26-20(32)15(23)7-8-18(24)29/h3-6,12,15-17,28H,7-11,23H2,1-2H3,(H2,24,29)(H,25,33)(H,26,32)(H,27,34)(H,30,31). The van der Waals surface area contributed by atoms with Crippen LogP contribution in [0.1, 0.15) is 38.7 Å². The number of hydrogen-bond acceptors (Lipinski definition) is 7. The summed E-state index contributed by atoms with van der Waals surface area (Å²) in [4.78, 5) is 59.8. The van der Waals surface area contributed by atoms with Gasteiger partial charge in [-0.25, -0.2) is 0 Å². The van der Waals surface area contributed by atoms with Crippen molar-refractivity contribution in [3.05, 3.63) is 29.8 Å². The first-order valence-electron chi connectivity index (χ1n) is 10.8. The predicted octanol–water partition coefficient (Wildman–Crippen LogP) is -1.26. The molecule has 0 saturated heterocycles. The predicted molar refractivity (Wildman–Crippen MR) is 122 cm³/mol. The summed E-state index contributed by atoms with van der Waals surface area (Å²) in [6.07, 6.45) is 0.132. The molecule has 0 saturated carbocycles. The Morgan fingerprint density at radius 1 is 0.941 bits per heavy atom. The summed E-state index contributed by atoms with van der Waals surface area (Å²) >= 11 is 0. The fourth-order valence-electron chi connectivity index (χ4n) is 3.05. The number of carboxylic acids is 1. The molecule has 34 heavy (non-hydrogen) atoms. The van der Waals surface area contributed by atoms with Crippen LogP contribution in [0.2, 0.25) is 0 Å². The molecule has 0 aliphatic rings. The average molecular weight is 480 g/mol. The summed E-state index contributed by atoms with van der Waals surface area (Å²) in [5, 5.41) is 25.6. The molecule has 0 aromatic heterocycles. The molecule has 188 valence electrons. The van der Waals surface area contributed by atoms with Gasteiger partial charge in [-0.1, -0.05) is 26.0 Å². The van der Waals surface area contributed by atoms with Crippen molar-refractivity contribution in [3.8, 4) is 5.75 Å². The Morgan fingerprint density at radius 3 is 2.06 bits per heavy atom. The molecule has 3 atom stereocenters. The molecule has 1 rings (SSSR count). The van der Waals surface area contributed by atoms with Gasteiger partial charge in [-0.2, -0.15) is 0 Å². The number of phenolic OH excluding ortho intramolecular Hbond substituents is 1. The Morgan fingerprint density at radius 2 is 1.53 bits per heavy atom. The van der Waals surface area contributed by atoms with Gasteiger partial charge in [0.15, 0.2) is 0 Å². The molecular weight excluding hydrogens is 446 g/mol. The van der Waals surface area contributed by atoms with Crippen molar-refractivity contribution >= 4 is 29.6 Å². The maximum atomic E-state index is 13.1. The highest BCUT2D eigenvalue weighted by atomic mass is 16.4. The maximum Gasteiger partial charge on any atom is 0.322 e. The molecule has 4 amide bonds. The summed E-state index contributed by atoms with van der Waals surface area (Å²) in [6.45, 7) is 3.06. The van der Waals surface area contributed by atoms with E-state index < -0.39 is 54.3 Å². The summed E-state index contributed by atoms with van der Waals surface area (Å²) in [5.74, 6) is -3.87. The monoisotopic (exact) mass is 479 g/mol. The van der Waals surface area contributed by atoms with Crippen molar-refractivity contribution in [2.45, 2.75) is 57.7 Å². The van der Waals surface area contributed by atoms with E-state index >= 15 is 0 Å². The number of nitrogens with two attached hydrogens (primary N) is 2. The van der Waals surface area contributed by atoms with Gasteiger partial charge in [0.2, 0.25) is 23.6 Å². The van der Waals surface area contributed by atoms with Crippen molar-refractivity contribution < 1.29 is 34.2 Å². The van der Waals surface area contributed by atoms with Gasteiger partial charge in [0, 0.05) is 12.8 Å². The average Bonchev–Trinajstić information content (AvgIpc) is 2.75. The van der Waals surface area contributed by atoms with Crippen LogP contribution in [-0.2, 0) is 30.4 Å². The number of aromatic hydroxyl groups is 1. The van der Waals surface area contributed by atoms with Crippen LogP contribution in [0.4, 0.5) is 0 Å². The van der Waals surface area contributed by atoms with Crippen LogP contribution in [0.5, 0.6) is 5.75 Å². The van der Waals surface area contributed by atoms with Crippen LogP contribution < -0.4 is 27.4 Å². The lowest BCUT2D eigenvalue weighted by atomic mass is 10.0. The van der Waals surface area contributed by atoms with Crippen molar-refractivity contribution in [1.29, 1.82) is 0 Å². The van der Waals surface area contributed by atoms with Gasteiger partial charge in [-0.3, -0.25) is 24.0 Å². The largest absolute Gasteiger partial charge is 0.508 e. The second kappa shape index (κ2) is 13.8. The smallest absolute Gasteiger partial charge is 0.322 e. The van der Waals surface area contributed by atoms with E-state index in [0.717, 1.165) is 0 Å². The number of aliphatic carboxylic acids is 1. The second-order valence-corrected chi connectivity index (χ2v) is 8.35. The van der Waals surface area contributed by atoms with Gasteiger partial charge >= 0.3 is 5.97 Å². The molecule has 0 aliphatic carbocycles. The zero-order chi connectivity index (χ0) is 25.8. The first-order valence-corrected chi connectivity index (χ1v) is 10.8. The third-order valence-electron chi connectivity index (χ3n) is 4.80. The van der Waals surface area contributed by atoms with Gasteiger partial charge in [-0.15, -0.1) is 0 Å². The van der Waals surface area contributed by atoms with Crippen LogP contribution in [0.25, 0.3) is 0 Å². The molecule has 0 radical (unpaired) electrons. The topological polar surface area (TPSA) is 214 Å². The van der Waals surface area contributed by atoms with Gasteiger partial charge in [0.05, 0.1) is 6.04 Å². The first kappa shape index (κ1) is 28.4. The molecule has 0 fully saturated rings. The summed E-state index contributed by atoms with van der Waals surface area (Å²) in [5.41, 5.74) is 11.5. The zero-order valence-electron chi connectivity index (χ0n) is 19.2. The van der Waals surface area contributed by atoms with E-state index in [4.69, 9.17) is 16.6 Å². The highest BCUT2D eigenvalue weighted by Gasteiger charge is 2.29. The lowest BCUT2D eigenvalue weighted by Gasteiger charge is -2.25. The normalized spacial score (nSPS) is 13.4. The second-order valence-electron chi connectivity index (χ2n) is 8.35. The van der Waals surface area contributed by atoms with Crippen molar-refractivity contribution in [3.63, 3.8) is 0 Å². The van der Waals surface area contributed by atoms with Crippen LogP contribution in [0, 0.1) is 5.92 Å². The van der Waals surface area contributed by atoms with E-state index in [2.05, 4.69) is 16.0 Å². The highest BCUT2D eigenvalue weighted by Crippen LogP contribution is 2.12. The number of hydrogen-bond donors (Lipinski definition) is 7. The van der Waals surface area contributed by atoms with Crippen LogP contribution in [0.3, 0.4) is 0 Å². The van der Waals surface area contributed by atoms with Crippen LogP contribution in [-0.4, -0.2) is 64.5 Å². The number of nitrogens with one attached hydrogen (secondary N) is 3. The lowest BCUT2D eigenvalue weighted by molar-refractivity contribution is -0.138. The van der Waals surface area contributed by atoms with Crippen molar-refractivity contribution in [2.24, 2.45) is 17.4 Å². The molecular formula is C22H33N5O7. The SMILES string of the molecule is CC(C)CC(NC(=O)C(Cc1ccc(O)cc1)NC(=O)C(N)CCC(N)=O)C(=O)NCC(=O)O. The van der Waals surface area contributed by atoms with Crippen LogP contribution >= 0.6 is 0 Å². The Hall–Kier alpha value is -3.67. The van der Waals surface area contributed by atoms with E-state index in [1.807, 2.05) is 13.8 Å². The first-order chi connectivity index (χ1) is 15.9. The Bertz CT molecular complexity index is 873. The Balaban J connectivity index is 3.03. The molecule has 1 aromatic rings. The highest BCUT2D eigenvalue weighted by molar-refractivity contribution is 5.94. The van der Waals surface area contributed by atoms with E-state index in [1.54, 1.807) is 12.1 Å². The molecule has 9 N–H and O–H groups in total. The quantitative estimate of drug-likeness (QED) is 0.171. The van der Waals surface area contributed by atoms with E-state index in [-0.39, 0.29) is 37.4 Å². The summed E-state index contributed by atoms with van der Waals surface area (Å²) < 4.78 is 0. The van der Waals surface area contributed by atoms with Crippen LogP contribution in [0.15, 0.2) is 24.3 Å². The fraction of sp³-hybridized carbons (Fsp3) is 0.500. The number of amides is 4. The summed E-state index contributed by atoms with van der Waals surface area (Å²) in [7, 11) is 0.